The monoisotopic (exact) mass is 368 g/mol. The Bertz CT molecular complexity index is 1100. The van der Waals surface area contributed by atoms with Gasteiger partial charge in [-0.25, -0.2) is 4.98 Å². The van der Waals surface area contributed by atoms with E-state index in [1.165, 1.54) is 6.33 Å². The van der Waals surface area contributed by atoms with E-state index in [-0.39, 0.29) is 12.1 Å². The van der Waals surface area contributed by atoms with Crippen LogP contribution in [0, 0.1) is 0 Å². The fraction of sp³-hybridized carbons (Fsp3) is 0.0952. The standard InChI is InChI=1S/C21H15F3N2O/c22-21(23,24)16-10-18(15-6-4-5-14(9-15)12-27)20-19(11-16)25-13-26(20)17-7-2-1-3-8-17/h1-11,13,27H,12H2. The smallest absolute Gasteiger partial charge is 0.392 e. The number of aromatic nitrogens is 2. The summed E-state index contributed by atoms with van der Waals surface area (Å²) in [5.74, 6) is 0. The summed E-state index contributed by atoms with van der Waals surface area (Å²) in [6.07, 6.45) is -2.95. The van der Waals surface area contributed by atoms with Gasteiger partial charge < -0.3 is 5.11 Å². The number of hydrogen-bond acceptors (Lipinski definition) is 2. The van der Waals surface area contributed by atoms with Crippen LogP contribution in [0.2, 0.25) is 0 Å². The number of halogens is 3. The molecule has 0 saturated heterocycles. The Balaban J connectivity index is 2.05. The second kappa shape index (κ2) is 6.55. The van der Waals surface area contributed by atoms with Crippen molar-refractivity contribution in [2.45, 2.75) is 12.8 Å². The Labute approximate surface area is 153 Å². The number of imidazole rings is 1. The SMILES string of the molecule is OCc1cccc(-c2cc(C(F)(F)F)cc3ncn(-c4ccccc4)c23)c1. The summed E-state index contributed by atoms with van der Waals surface area (Å²) >= 11 is 0. The summed E-state index contributed by atoms with van der Waals surface area (Å²) in [4.78, 5) is 4.21. The Hall–Kier alpha value is -3.12. The molecule has 0 radical (unpaired) electrons. The van der Waals surface area contributed by atoms with Gasteiger partial charge in [-0.1, -0.05) is 36.4 Å². The minimum absolute atomic E-state index is 0.187. The molecule has 3 nitrogen and oxygen atoms in total. The van der Waals surface area contributed by atoms with Gasteiger partial charge in [-0.2, -0.15) is 13.2 Å². The van der Waals surface area contributed by atoms with Crippen LogP contribution in [0.25, 0.3) is 27.8 Å². The van der Waals surface area contributed by atoms with Crippen LogP contribution >= 0.6 is 0 Å². The molecule has 0 aliphatic carbocycles. The van der Waals surface area contributed by atoms with Gasteiger partial charge in [-0.15, -0.1) is 0 Å². The minimum Gasteiger partial charge on any atom is -0.392 e. The zero-order valence-electron chi connectivity index (χ0n) is 14.1. The number of nitrogens with zero attached hydrogens (tertiary/aromatic N) is 2. The van der Waals surface area contributed by atoms with Crippen LogP contribution in [-0.4, -0.2) is 14.7 Å². The van der Waals surface area contributed by atoms with E-state index < -0.39 is 11.7 Å². The Morgan fingerprint density at radius 1 is 0.926 bits per heavy atom. The Morgan fingerprint density at radius 2 is 1.70 bits per heavy atom. The molecule has 1 heterocycles. The molecule has 6 heteroatoms. The fourth-order valence-corrected chi connectivity index (χ4v) is 3.15. The van der Waals surface area contributed by atoms with Crippen LogP contribution < -0.4 is 0 Å². The highest BCUT2D eigenvalue weighted by Crippen LogP contribution is 2.38. The molecule has 0 spiro atoms. The minimum atomic E-state index is -4.48. The predicted octanol–water partition coefficient (Wildman–Crippen LogP) is 5.20. The van der Waals surface area contributed by atoms with Crippen molar-refractivity contribution in [1.82, 2.24) is 9.55 Å². The average Bonchev–Trinajstić information content (AvgIpc) is 3.11. The molecule has 4 rings (SSSR count). The van der Waals surface area contributed by atoms with Gasteiger partial charge in [0.1, 0.15) is 6.33 Å². The van der Waals surface area contributed by atoms with Gasteiger partial charge in [-0.05, 0) is 41.5 Å². The van der Waals surface area contributed by atoms with Crippen LogP contribution in [0.5, 0.6) is 0 Å². The first-order valence-corrected chi connectivity index (χ1v) is 8.31. The summed E-state index contributed by atoms with van der Waals surface area (Å²) < 4.78 is 42.0. The van der Waals surface area contributed by atoms with Gasteiger partial charge in [0.05, 0.1) is 23.2 Å². The van der Waals surface area contributed by atoms with E-state index in [1.807, 2.05) is 30.3 Å². The highest BCUT2D eigenvalue weighted by Gasteiger charge is 2.32. The molecule has 27 heavy (non-hydrogen) atoms. The van der Waals surface area contributed by atoms with Gasteiger partial charge in [0, 0.05) is 11.3 Å². The van der Waals surface area contributed by atoms with Gasteiger partial charge >= 0.3 is 6.18 Å². The third kappa shape index (κ3) is 3.19. The third-order valence-corrected chi connectivity index (χ3v) is 4.43. The normalized spacial score (nSPS) is 11.9. The maximum Gasteiger partial charge on any atom is 0.416 e. The maximum atomic E-state index is 13.4. The van der Waals surface area contributed by atoms with Crippen molar-refractivity contribution in [3.63, 3.8) is 0 Å². The van der Waals surface area contributed by atoms with E-state index in [9.17, 15) is 18.3 Å². The molecule has 0 aliphatic heterocycles. The average molecular weight is 368 g/mol. The summed E-state index contributed by atoms with van der Waals surface area (Å²) in [5, 5.41) is 9.40. The van der Waals surface area contributed by atoms with Crippen LogP contribution in [0.15, 0.2) is 73.1 Å². The molecule has 4 aromatic rings. The molecule has 0 saturated carbocycles. The van der Waals surface area contributed by atoms with Crippen LogP contribution in [0.4, 0.5) is 13.2 Å². The lowest BCUT2D eigenvalue weighted by atomic mass is 9.99. The summed E-state index contributed by atoms with van der Waals surface area (Å²) in [6, 6.07) is 18.4. The molecule has 0 atom stereocenters. The number of alkyl halides is 3. The second-order valence-electron chi connectivity index (χ2n) is 6.20. The van der Waals surface area contributed by atoms with E-state index in [2.05, 4.69) is 4.98 Å². The first-order chi connectivity index (χ1) is 13.0. The van der Waals surface area contributed by atoms with Crippen molar-refractivity contribution in [2.75, 3.05) is 0 Å². The fourth-order valence-electron chi connectivity index (χ4n) is 3.15. The van der Waals surface area contributed by atoms with E-state index in [0.717, 1.165) is 17.8 Å². The van der Waals surface area contributed by atoms with Crippen molar-refractivity contribution in [3.8, 4) is 16.8 Å². The number of aliphatic hydroxyl groups excluding tert-OH is 1. The molecule has 3 aromatic carbocycles. The maximum absolute atomic E-state index is 13.4. The number of para-hydroxylation sites is 1. The van der Waals surface area contributed by atoms with Crippen LogP contribution in [0.1, 0.15) is 11.1 Å². The molecule has 0 unspecified atom stereocenters. The quantitative estimate of drug-likeness (QED) is 0.539. The van der Waals surface area contributed by atoms with Crippen molar-refractivity contribution < 1.29 is 18.3 Å². The topological polar surface area (TPSA) is 38.1 Å². The first-order valence-electron chi connectivity index (χ1n) is 8.31. The molecular formula is C21H15F3N2O. The zero-order valence-corrected chi connectivity index (χ0v) is 14.1. The van der Waals surface area contributed by atoms with Gasteiger partial charge in [0.15, 0.2) is 0 Å². The number of benzene rings is 3. The van der Waals surface area contributed by atoms with Crippen molar-refractivity contribution in [1.29, 1.82) is 0 Å². The Morgan fingerprint density at radius 3 is 2.41 bits per heavy atom. The number of aliphatic hydroxyl groups is 1. The van der Waals surface area contributed by atoms with E-state index in [1.54, 1.807) is 28.8 Å². The number of rotatable bonds is 3. The first kappa shape index (κ1) is 17.3. The van der Waals surface area contributed by atoms with Crippen LogP contribution in [0.3, 0.4) is 0 Å². The highest BCUT2D eigenvalue weighted by molar-refractivity contribution is 5.94. The molecule has 0 aliphatic rings. The number of hydrogen-bond donors (Lipinski definition) is 1. The predicted molar refractivity (Wildman–Crippen MR) is 97.4 cm³/mol. The molecule has 1 aromatic heterocycles. The molecule has 0 fully saturated rings. The summed E-state index contributed by atoms with van der Waals surface area (Å²) in [6.45, 7) is -0.187. The summed E-state index contributed by atoms with van der Waals surface area (Å²) in [7, 11) is 0. The van der Waals surface area contributed by atoms with Gasteiger partial charge in [-0.3, -0.25) is 4.57 Å². The van der Waals surface area contributed by atoms with Crippen LogP contribution in [-0.2, 0) is 12.8 Å². The molecule has 0 bridgehead atoms. The number of fused-ring (bicyclic) bond motifs is 1. The van der Waals surface area contributed by atoms with E-state index in [0.29, 0.717) is 22.2 Å². The van der Waals surface area contributed by atoms with Crippen molar-refractivity contribution in [2.24, 2.45) is 0 Å². The summed E-state index contributed by atoms with van der Waals surface area (Å²) in [5.41, 5.74) is 2.54. The molecule has 0 amide bonds. The lowest BCUT2D eigenvalue weighted by Crippen LogP contribution is -2.05. The third-order valence-electron chi connectivity index (χ3n) is 4.43. The second-order valence-corrected chi connectivity index (χ2v) is 6.20. The lowest BCUT2D eigenvalue weighted by molar-refractivity contribution is -0.137. The molecular weight excluding hydrogens is 353 g/mol. The van der Waals surface area contributed by atoms with Gasteiger partial charge in [0.25, 0.3) is 0 Å². The van der Waals surface area contributed by atoms with E-state index >= 15 is 0 Å². The van der Waals surface area contributed by atoms with Gasteiger partial charge in [0.2, 0.25) is 0 Å². The van der Waals surface area contributed by atoms with Crippen molar-refractivity contribution >= 4 is 11.0 Å². The highest BCUT2D eigenvalue weighted by atomic mass is 19.4. The molecule has 136 valence electrons. The van der Waals surface area contributed by atoms with E-state index in [4.69, 9.17) is 0 Å². The zero-order chi connectivity index (χ0) is 19.0. The largest absolute Gasteiger partial charge is 0.416 e. The molecule has 1 N–H and O–H groups in total. The van der Waals surface area contributed by atoms with Crippen molar-refractivity contribution in [3.05, 3.63) is 84.2 Å². The lowest BCUT2D eigenvalue weighted by Gasteiger charge is -2.13. The Kier molecular flexibility index (Phi) is 4.20.